The van der Waals surface area contributed by atoms with Gasteiger partial charge in [0, 0.05) is 6.42 Å². The van der Waals surface area contributed by atoms with E-state index in [1.807, 2.05) is 24.3 Å². The summed E-state index contributed by atoms with van der Waals surface area (Å²) in [6.45, 7) is 0.824. The van der Waals surface area contributed by atoms with Crippen molar-refractivity contribution in [3.05, 3.63) is 29.8 Å². The lowest BCUT2D eigenvalue weighted by atomic mass is 9.90. The fourth-order valence-electron chi connectivity index (χ4n) is 2.43. The maximum absolute atomic E-state index is 10.4. The summed E-state index contributed by atoms with van der Waals surface area (Å²) in [7, 11) is 0. The largest absolute Gasteiger partial charge is 0.493 e. The van der Waals surface area contributed by atoms with E-state index in [9.17, 15) is 4.79 Å². The summed E-state index contributed by atoms with van der Waals surface area (Å²) in [6.07, 6.45) is 8.08. The quantitative estimate of drug-likeness (QED) is 0.727. The van der Waals surface area contributed by atoms with Crippen LogP contribution in [0.15, 0.2) is 24.3 Å². The third-order valence-electron chi connectivity index (χ3n) is 3.43. The van der Waals surface area contributed by atoms with Gasteiger partial charge in [0.05, 0.1) is 6.61 Å². The first-order valence-corrected chi connectivity index (χ1v) is 6.54. The van der Waals surface area contributed by atoms with E-state index in [0.717, 1.165) is 30.1 Å². The fourth-order valence-corrected chi connectivity index (χ4v) is 2.43. The summed E-state index contributed by atoms with van der Waals surface area (Å²) in [5, 5.41) is 0. The highest BCUT2D eigenvalue weighted by Gasteiger charge is 2.13. The molecule has 0 unspecified atom stereocenters. The summed E-state index contributed by atoms with van der Waals surface area (Å²) in [4.78, 5) is 10.4. The maximum Gasteiger partial charge on any atom is 0.124 e. The lowest BCUT2D eigenvalue weighted by molar-refractivity contribution is -0.107. The molecule has 0 spiro atoms. The van der Waals surface area contributed by atoms with E-state index in [0.29, 0.717) is 6.42 Å². The van der Waals surface area contributed by atoms with E-state index in [2.05, 4.69) is 0 Å². The van der Waals surface area contributed by atoms with Gasteiger partial charge in [0.15, 0.2) is 0 Å². The van der Waals surface area contributed by atoms with Gasteiger partial charge in [-0.1, -0.05) is 31.4 Å². The van der Waals surface area contributed by atoms with Crippen LogP contribution in [0.2, 0.25) is 0 Å². The molecule has 92 valence electrons. The molecule has 0 aliphatic heterocycles. The summed E-state index contributed by atoms with van der Waals surface area (Å²) in [6, 6.07) is 7.85. The van der Waals surface area contributed by atoms with Gasteiger partial charge >= 0.3 is 0 Å². The Balaban J connectivity index is 1.84. The normalized spacial score (nSPS) is 16.7. The van der Waals surface area contributed by atoms with Crippen LogP contribution in [0, 0.1) is 5.92 Å². The predicted octanol–water partition coefficient (Wildman–Crippen LogP) is 3.39. The molecular formula is C15H20O2. The van der Waals surface area contributed by atoms with Gasteiger partial charge < -0.3 is 9.53 Å². The van der Waals surface area contributed by atoms with Crippen molar-refractivity contribution in [2.24, 2.45) is 5.92 Å². The highest BCUT2D eigenvalue weighted by Crippen LogP contribution is 2.24. The van der Waals surface area contributed by atoms with E-state index in [1.165, 1.54) is 32.1 Å². The van der Waals surface area contributed by atoms with Gasteiger partial charge in [-0.2, -0.15) is 0 Å². The number of rotatable bonds is 5. The first-order chi connectivity index (χ1) is 8.38. The van der Waals surface area contributed by atoms with Crippen molar-refractivity contribution in [3.63, 3.8) is 0 Å². The van der Waals surface area contributed by atoms with E-state index in [4.69, 9.17) is 4.74 Å². The number of hydrogen-bond acceptors (Lipinski definition) is 2. The standard InChI is InChI=1S/C15H20O2/c16-10-9-13-7-4-8-15(11-13)17-12-14-5-2-1-3-6-14/h4,7-8,10-11,14H,1-3,5-6,9,12H2. The third kappa shape index (κ3) is 3.88. The molecule has 0 saturated heterocycles. The molecule has 17 heavy (non-hydrogen) atoms. The van der Waals surface area contributed by atoms with Gasteiger partial charge in [-0.05, 0) is 36.5 Å². The van der Waals surface area contributed by atoms with Crippen LogP contribution in [0.4, 0.5) is 0 Å². The molecule has 2 nitrogen and oxygen atoms in total. The van der Waals surface area contributed by atoms with E-state index < -0.39 is 0 Å². The molecular weight excluding hydrogens is 212 g/mol. The van der Waals surface area contributed by atoms with Crippen molar-refractivity contribution in [3.8, 4) is 5.75 Å². The van der Waals surface area contributed by atoms with Gasteiger partial charge in [0.1, 0.15) is 12.0 Å². The predicted molar refractivity (Wildman–Crippen MR) is 68.3 cm³/mol. The van der Waals surface area contributed by atoms with Crippen molar-refractivity contribution in [1.29, 1.82) is 0 Å². The number of benzene rings is 1. The van der Waals surface area contributed by atoms with Crippen LogP contribution in [0.3, 0.4) is 0 Å². The lowest BCUT2D eigenvalue weighted by Gasteiger charge is -2.21. The highest BCUT2D eigenvalue weighted by molar-refractivity contribution is 5.55. The minimum Gasteiger partial charge on any atom is -0.493 e. The molecule has 1 aliphatic rings. The highest BCUT2D eigenvalue weighted by atomic mass is 16.5. The van der Waals surface area contributed by atoms with Crippen molar-refractivity contribution in [2.75, 3.05) is 6.61 Å². The zero-order valence-electron chi connectivity index (χ0n) is 10.2. The van der Waals surface area contributed by atoms with Crippen molar-refractivity contribution in [1.82, 2.24) is 0 Å². The van der Waals surface area contributed by atoms with Crippen LogP contribution in [-0.2, 0) is 11.2 Å². The average Bonchev–Trinajstić information content (AvgIpc) is 2.39. The second-order valence-corrected chi connectivity index (χ2v) is 4.83. The third-order valence-corrected chi connectivity index (χ3v) is 3.43. The molecule has 1 saturated carbocycles. The second-order valence-electron chi connectivity index (χ2n) is 4.83. The Morgan fingerprint density at radius 3 is 2.82 bits per heavy atom. The van der Waals surface area contributed by atoms with Crippen molar-refractivity contribution < 1.29 is 9.53 Å². The van der Waals surface area contributed by atoms with Crippen LogP contribution in [0.25, 0.3) is 0 Å². The van der Waals surface area contributed by atoms with Crippen LogP contribution >= 0.6 is 0 Å². The molecule has 0 aromatic heterocycles. The van der Waals surface area contributed by atoms with E-state index >= 15 is 0 Å². The molecule has 1 fully saturated rings. The minimum absolute atomic E-state index is 0.473. The number of hydrogen-bond donors (Lipinski definition) is 0. The number of carbonyl (C=O) groups is 1. The Bertz CT molecular complexity index is 354. The monoisotopic (exact) mass is 232 g/mol. The Hall–Kier alpha value is -1.31. The topological polar surface area (TPSA) is 26.3 Å². The molecule has 1 aromatic rings. The molecule has 0 N–H and O–H groups in total. The Morgan fingerprint density at radius 2 is 2.06 bits per heavy atom. The molecule has 0 amide bonds. The number of ether oxygens (including phenoxy) is 1. The average molecular weight is 232 g/mol. The molecule has 0 atom stereocenters. The fraction of sp³-hybridized carbons (Fsp3) is 0.533. The van der Waals surface area contributed by atoms with Gasteiger partial charge in [-0.15, -0.1) is 0 Å². The molecule has 0 radical (unpaired) electrons. The van der Waals surface area contributed by atoms with Crippen LogP contribution in [0.1, 0.15) is 37.7 Å². The second kappa shape index (κ2) is 6.43. The van der Waals surface area contributed by atoms with Gasteiger partial charge in [-0.3, -0.25) is 0 Å². The van der Waals surface area contributed by atoms with Gasteiger partial charge in [-0.25, -0.2) is 0 Å². The smallest absolute Gasteiger partial charge is 0.124 e. The lowest BCUT2D eigenvalue weighted by Crippen LogP contribution is -2.15. The zero-order valence-corrected chi connectivity index (χ0v) is 10.2. The number of aldehydes is 1. The summed E-state index contributed by atoms with van der Waals surface area (Å²) in [5.74, 6) is 1.62. The van der Waals surface area contributed by atoms with Crippen LogP contribution in [-0.4, -0.2) is 12.9 Å². The molecule has 1 aromatic carbocycles. The molecule has 2 heteroatoms. The van der Waals surface area contributed by atoms with E-state index in [1.54, 1.807) is 0 Å². The minimum atomic E-state index is 0.473. The molecule has 0 bridgehead atoms. The first kappa shape index (κ1) is 12.2. The first-order valence-electron chi connectivity index (χ1n) is 6.54. The molecule has 1 aliphatic carbocycles. The Morgan fingerprint density at radius 1 is 1.24 bits per heavy atom. The zero-order chi connectivity index (χ0) is 11.9. The summed E-state index contributed by atoms with van der Waals surface area (Å²) < 4.78 is 5.82. The van der Waals surface area contributed by atoms with Gasteiger partial charge in [0.25, 0.3) is 0 Å². The van der Waals surface area contributed by atoms with E-state index in [-0.39, 0.29) is 0 Å². The van der Waals surface area contributed by atoms with Crippen molar-refractivity contribution in [2.45, 2.75) is 38.5 Å². The van der Waals surface area contributed by atoms with Gasteiger partial charge in [0.2, 0.25) is 0 Å². The maximum atomic E-state index is 10.4. The molecule has 2 rings (SSSR count). The summed E-state index contributed by atoms with van der Waals surface area (Å²) >= 11 is 0. The van der Waals surface area contributed by atoms with Crippen LogP contribution < -0.4 is 4.74 Å². The number of carbonyl (C=O) groups excluding carboxylic acids is 1. The SMILES string of the molecule is O=CCc1cccc(OCC2CCCCC2)c1. The molecule has 0 heterocycles. The Labute approximate surface area is 103 Å². The Kier molecular flexibility index (Phi) is 4.60. The summed E-state index contributed by atoms with van der Waals surface area (Å²) in [5.41, 5.74) is 1.03. The van der Waals surface area contributed by atoms with Crippen LogP contribution in [0.5, 0.6) is 5.75 Å². The van der Waals surface area contributed by atoms with Crippen molar-refractivity contribution >= 4 is 6.29 Å².